The van der Waals surface area contributed by atoms with E-state index in [1.165, 1.54) is 36.0 Å². The zero-order valence-electron chi connectivity index (χ0n) is 13.3. The third-order valence-electron chi connectivity index (χ3n) is 4.87. The molecule has 21 heavy (non-hydrogen) atoms. The van der Waals surface area contributed by atoms with Crippen molar-refractivity contribution < 1.29 is 9.47 Å². The lowest BCUT2D eigenvalue weighted by molar-refractivity contribution is 0.0535. The number of rotatable bonds is 4. The molecule has 0 unspecified atom stereocenters. The molecule has 0 N–H and O–H groups in total. The molecule has 2 aliphatic rings. The Bertz CT molecular complexity index is 524. The molecule has 0 bridgehead atoms. The van der Waals surface area contributed by atoms with Crippen LogP contribution in [-0.4, -0.2) is 18.8 Å². The topological polar surface area (TPSA) is 18.5 Å². The summed E-state index contributed by atoms with van der Waals surface area (Å²) in [6.45, 7) is 5.81. The molecule has 1 fully saturated rings. The number of hydrogen-bond donors (Lipinski definition) is 0. The molecular formula is C19H26O2. The highest BCUT2D eigenvalue weighted by Crippen LogP contribution is 2.45. The Balaban J connectivity index is 1.94. The van der Waals surface area contributed by atoms with E-state index in [0.29, 0.717) is 0 Å². The predicted octanol–water partition coefficient (Wildman–Crippen LogP) is 4.90. The van der Waals surface area contributed by atoms with Gasteiger partial charge < -0.3 is 9.47 Å². The monoisotopic (exact) mass is 286 g/mol. The van der Waals surface area contributed by atoms with Crippen molar-refractivity contribution in [1.29, 1.82) is 0 Å². The van der Waals surface area contributed by atoms with Crippen molar-refractivity contribution in [3.63, 3.8) is 0 Å². The van der Waals surface area contributed by atoms with Crippen LogP contribution < -0.4 is 4.74 Å². The maximum Gasteiger partial charge on any atom is 0.130 e. The SMILES string of the molecule is CCOCCC1=Cc2c(C)cccc2OC12CCCCC2. The van der Waals surface area contributed by atoms with Gasteiger partial charge in [0, 0.05) is 12.2 Å². The molecule has 0 saturated heterocycles. The van der Waals surface area contributed by atoms with E-state index >= 15 is 0 Å². The van der Waals surface area contributed by atoms with Gasteiger partial charge in [0.1, 0.15) is 11.4 Å². The van der Waals surface area contributed by atoms with Crippen LogP contribution in [0, 0.1) is 6.92 Å². The van der Waals surface area contributed by atoms with Gasteiger partial charge in [0.25, 0.3) is 0 Å². The average Bonchev–Trinajstić information content (AvgIpc) is 2.50. The minimum atomic E-state index is -0.0594. The molecule has 0 amide bonds. The number of benzene rings is 1. The summed E-state index contributed by atoms with van der Waals surface area (Å²) in [5.41, 5.74) is 3.94. The second kappa shape index (κ2) is 6.23. The Morgan fingerprint density at radius 3 is 2.76 bits per heavy atom. The Labute approximate surface area is 128 Å². The zero-order chi connectivity index (χ0) is 14.7. The van der Waals surface area contributed by atoms with Gasteiger partial charge in [-0.05, 0) is 69.2 Å². The summed E-state index contributed by atoms with van der Waals surface area (Å²) in [4.78, 5) is 0. The van der Waals surface area contributed by atoms with E-state index in [1.807, 2.05) is 0 Å². The van der Waals surface area contributed by atoms with Gasteiger partial charge in [-0.25, -0.2) is 0 Å². The molecular weight excluding hydrogens is 260 g/mol. The van der Waals surface area contributed by atoms with Crippen LogP contribution in [0.1, 0.15) is 56.6 Å². The molecule has 0 radical (unpaired) electrons. The van der Waals surface area contributed by atoms with Gasteiger partial charge in [0.2, 0.25) is 0 Å². The van der Waals surface area contributed by atoms with Gasteiger partial charge in [-0.3, -0.25) is 0 Å². The fourth-order valence-electron chi connectivity index (χ4n) is 3.68. The molecule has 0 aromatic heterocycles. The lowest BCUT2D eigenvalue weighted by atomic mass is 9.75. The summed E-state index contributed by atoms with van der Waals surface area (Å²) < 4.78 is 12.2. The quantitative estimate of drug-likeness (QED) is 0.733. The number of hydrogen-bond acceptors (Lipinski definition) is 2. The first-order chi connectivity index (χ1) is 10.2. The maximum absolute atomic E-state index is 6.56. The van der Waals surface area contributed by atoms with Crippen molar-refractivity contribution in [1.82, 2.24) is 0 Å². The van der Waals surface area contributed by atoms with Crippen LogP contribution in [0.2, 0.25) is 0 Å². The van der Waals surface area contributed by atoms with Crippen LogP contribution in [0.5, 0.6) is 5.75 Å². The normalized spacial score (nSPS) is 19.8. The molecule has 3 rings (SSSR count). The van der Waals surface area contributed by atoms with Crippen molar-refractivity contribution in [3.05, 3.63) is 34.9 Å². The third-order valence-corrected chi connectivity index (χ3v) is 4.87. The van der Waals surface area contributed by atoms with Crippen molar-refractivity contribution in [2.24, 2.45) is 0 Å². The minimum absolute atomic E-state index is 0.0594. The smallest absolute Gasteiger partial charge is 0.130 e. The van der Waals surface area contributed by atoms with Gasteiger partial charge >= 0.3 is 0 Å². The molecule has 2 heteroatoms. The average molecular weight is 286 g/mol. The molecule has 1 aromatic rings. The Morgan fingerprint density at radius 2 is 2.00 bits per heavy atom. The predicted molar refractivity (Wildman–Crippen MR) is 86.7 cm³/mol. The van der Waals surface area contributed by atoms with Crippen LogP contribution in [0.25, 0.3) is 6.08 Å². The molecule has 1 heterocycles. The van der Waals surface area contributed by atoms with E-state index in [2.05, 4.69) is 38.1 Å². The van der Waals surface area contributed by atoms with E-state index in [4.69, 9.17) is 9.47 Å². The van der Waals surface area contributed by atoms with E-state index in [-0.39, 0.29) is 5.60 Å². The number of aryl methyl sites for hydroxylation is 1. The molecule has 0 atom stereocenters. The molecule has 1 aliphatic carbocycles. The van der Waals surface area contributed by atoms with Crippen LogP contribution in [0.3, 0.4) is 0 Å². The summed E-state index contributed by atoms with van der Waals surface area (Å²) in [7, 11) is 0. The van der Waals surface area contributed by atoms with Crippen molar-refractivity contribution >= 4 is 6.08 Å². The summed E-state index contributed by atoms with van der Waals surface area (Å²) in [5, 5.41) is 0. The molecule has 1 aliphatic heterocycles. The van der Waals surface area contributed by atoms with E-state index in [1.54, 1.807) is 0 Å². The van der Waals surface area contributed by atoms with E-state index in [0.717, 1.165) is 38.2 Å². The van der Waals surface area contributed by atoms with Crippen LogP contribution >= 0.6 is 0 Å². The van der Waals surface area contributed by atoms with Crippen LogP contribution in [0.15, 0.2) is 23.8 Å². The summed E-state index contributed by atoms with van der Waals surface area (Å²) in [6.07, 6.45) is 9.56. The third kappa shape index (κ3) is 2.87. The highest BCUT2D eigenvalue weighted by Gasteiger charge is 2.40. The zero-order valence-corrected chi connectivity index (χ0v) is 13.3. The minimum Gasteiger partial charge on any atom is -0.482 e. The summed E-state index contributed by atoms with van der Waals surface area (Å²) in [5.74, 6) is 1.07. The second-order valence-corrected chi connectivity index (χ2v) is 6.26. The van der Waals surface area contributed by atoms with Gasteiger partial charge in [0.15, 0.2) is 0 Å². The van der Waals surface area contributed by atoms with Crippen molar-refractivity contribution in [2.75, 3.05) is 13.2 Å². The number of ether oxygens (including phenoxy) is 2. The van der Waals surface area contributed by atoms with Crippen molar-refractivity contribution in [3.8, 4) is 5.75 Å². The Morgan fingerprint density at radius 1 is 1.19 bits per heavy atom. The standard InChI is InChI=1S/C19H26O2/c1-3-20-13-10-16-14-17-15(2)8-7-9-18(17)21-19(16)11-5-4-6-12-19/h7-9,14H,3-6,10-13H2,1-2H3. The fourth-order valence-corrected chi connectivity index (χ4v) is 3.68. The van der Waals surface area contributed by atoms with E-state index in [9.17, 15) is 0 Å². The molecule has 1 spiro atoms. The van der Waals surface area contributed by atoms with Gasteiger partial charge in [-0.2, -0.15) is 0 Å². The Hall–Kier alpha value is -1.28. The van der Waals surface area contributed by atoms with Crippen molar-refractivity contribution in [2.45, 2.75) is 58.0 Å². The molecule has 114 valence electrons. The first-order valence-electron chi connectivity index (χ1n) is 8.32. The Kier molecular flexibility index (Phi) is 4.34. The van der Waals surface area contributed by atoms with Gasteiger partial charge in [-0.1, -0.05) is 18.6 Å². The lowest BCUT2D eigenvalue weighted by Crippen LogP contribution is -2.42. The lowest BCUT2D eigenvalue weighted by Gasteiger charge is -2.43. The first-order valence-corrected chi connectivity index (χ1v) is 8.32. The number of fused-ring (bicyclic) bond motifs is 1. The first kappa shape index (κ1) is 14.6. The second-order valence-electron chi connectivity index (χ2n) is 6.26. The highest BCUT2D eigenvalue weighted by molar-refractivity contribution is 5.67. The molecule has 1 aromatic carbocycles. The molecule has 2 nitrogen and oxygen atoms in total. The van der Waals surface area contributed by atoms with Crippen LogP contribution in [0.4, 0.5) is 0 Å². The maximum atomic E-state index is 6.56. The van der Waals surface area contributed by atoms with E-state index < -0.39 is 0 Å². The molecule has 1 saturated carbocycles. The largest absolute Gasteiger partial charge is 0.482 e. The summed E-state index contributed by atoms with van der Waals surface area (Å²) in [6, 6.07) is 6.38. The highest BCUT2D eigenvalue weighted by atomic mass is 16.5. The van der Waals surface area contributed by atoms with Gasteiger partial charge in [0.05, 0.1) is 6.61 Å². The van der Waals surface area contributed by atoms with Crippen LogP contribution in [-0.2, 0) is 4.74 Å². The fraction of sp³-hybridized carbons (Fsp3) is 0.579. The summed E-state index contributed by atoms with van der Waals surface area (Å²) >= 11 is 0. The van der Waals surface area contributed by atoms with Gasteiger partial charge in [-0.15, -0.1) is 0 Å².